The summed E-state index contributed by atoms with van der Waals surface area (Å²) < 4.78 is 10.6. The van der Waals surface area contributed by atoms with E-state index in [9.17, 15) is 5.26 Å². The maximum atomic E-state index is 9.71. The summed E-state index contributed by atoms with van der Waals surface area (Å²) in [6.07, 6.45) is 9.40. The molecule has 2 fully saturated rings. The van der Waals surface area contributed by atoms with Gasteiger partial charge in [-0.05, 0) is 62.3 Å². The van der Waals surface area contributed by atoms with E-state index < -0.39 is 5.41 Å². The smallest absolute Gasteiger partial charge is 0.126 e. The zero-order valence-corrected chi connectivity index (χ0v) is 21.1. The number of rotatable bonds is 10. The van der Waals surface area contributed by atoms with Crippen LogP contribution in [0.3, 0.4) is 0 Å². The number of hydrogen-bond donors (Lipinski definition) is 3. The lowest BCUT2D eigenvalue weighted by molar-refractivity contribution is 0.0455. The average molecular weight is 499 g/mol. The first-order valence-corrected chi connectivity index (χ1v) is 12.8. The van der Waals surface area contributed by atoms with E-state index in [0.717, 1.165) is 74.4 Å². The number of aromatic nitrogens is 2. The van der Waals surface area contributed by atoms with Crippen LogP contribution in [-0.2, 0) is 9.47 Å². The number of hydrogen-bond acceptors (Lipinski definition) is 8. The molecule has 1 aliphatic heterocycles. The second kappa shape index (κ2) is 12.5. The number of anilines is 2. The Morgan fingerprint density at radius 1 is 1.14 bits per heavy atom. The maximum absolute atomic E-state index is 9.71. The Labute approximate surface area is 212 Å². The average Bonchev–Trinajstić information content (AvgIpc) is 2.90. The zero-order valence-electron chi connectivity index (χ0n) is 20.4. The van der Waals surface area contributed by atoms with Gasteiger partial charge in [-0.3, -0.25) is 0 Å². The largest absolute Gasteiger partial charge is 0.383 e. The van der Waals surface area contributed by atoms with Crippen molar-refractivity contribution in [1.29, 1.82) is 5.26 Å². The van der Waals surface area contributed by atoms with Crippen LogP contribution < -0.4 is 16.0 Å². The monoisotopic (exact) mass is 498 g/mol. The Hall–Kier alpha value is -2.44. The molecule has 9 heteroatoms. The van der Waals surface area contributed by atoms with E-state index >= 15 is 0 Å². The van der Waals surface area contributed by atoms with Crippen molar-refractivity contribution in [3.63, 3.8) is 0 Å². The lowest BCUT2D eigenvalue weighted by Crippen LogP contribution is -2.38. The van der Waals surface area contributed by atoms with Gasteiger partial charge in [0.2, 0.25) is 0 Å². The summed E-state index contributed by atoms with van der Waals surface area (Å²) in [7, 11) is 1.73. The minimum absolute atomic E-state index is 0.397. The van der Waals surface area contributed by atoms with Crippen molar-refractivity contribution >= 4 is 23.2 Å². The highest BCUT2D eigenvalue weighted by molar-refractivity contribution is 6.33. The summed E-state index contributed by atoms with van der Waals surface area (Å²) in [5, 5.41) is 20.8. The van der Waals surface area contributed by atoms with Gasteiger partial charge in [-0.15, -0.1) is 0 Å². The Morgan fingerprint density at radius 3 is 2.66 bits per heavy atom. The second-order valence-corrected chi connectivity index (χ2v) is 9.88. The van der Waals surface area contributed by atoms with Gasteiger partial charge in [-0.2, -0.15) is 5.26 Å². The van der Waals surface area contributed by atoms with Crippen molar-refractivity contribution in [2.45, 2.75) is 50.6 Å². The normalized spacial score (nSPS) is 21.7. The summed E-state index contributed by atoms with van der Waals surface area (Å²) in [5.41, 5.74) is 1.45. The minimum Gasteiger partial charge on any atom is -0.383 e. The predicted octanol–water partition coefficient (Wildman–Crippen LogP) is 4.49. The Bertz CT molecular complexity index is 1000. The number of ether oxygens (including phenoxy) is 2. The molecule has 0 spiro atoms. The van der Waals surface area contributed by atoms with Crippen LogP contribution in [0.4, 0.5) is 11.6 Å². The van der Waals surface area contributed by atoms with Crippen LogP contribution in [-0.4, -0.2) is 62.1 Å². The molecule has 8 nitrogen and oxygen atoms in total. The fourth-order valence-electron chi connectivity index (χ4n) is 4.80. The molecule has 1 saturated heterocycles. The molecule has 0 aromatic carbocycles. The fraction of sp³-hybridized carbons (Fsp3) is 0.577. The number of nitrogens with one attached hydrogen (secondary N) is 3. The molecule has 0 bridgehead atoms. The molecule has 0 atom stereocenters. The van der Waals surface area contributed by atoms with Gasteiger partial charge in [0.1, 0.15) is 11.6 Å². The number of halogens is 1. The van der Waals surface area contributed by atoms with Crippen molar-refractivity contribution in [3.05, 3.63) is 35.6 Å². The van der Waals surface area contributed by atoms with Crippen LogP contribution in [0.5, 0.6) is 0 Å². The molecule has 0 amide bonds. The summed E-state index contributed by atoms with van der Waals surface area (Å²) in [6, 6.07) is 9.38. The Kier molecular flexibility index (Phi) is 9.16. The van der Waals surface area contributed by atoms with Gasteiger partial charge in [-0.1, -0.05) is 11.6 Å². The van der Waals surface area contributed by atoms with E-state index in [1.807, 2.05) is 18.2 Å². The Balaban J connectivity index is 1.38. The first-order valence-electron chi connectivity index (χ1n) is 12.4. The van der Waals surface area contributed by atoms with Crippen molar-refractivity contribution in [2.75, 3.05) is 50.7 Å². The number of methoxy groups -OCH3 is 1. The third-order valence-electron chi connectivity index (χ3n) is 7.04. The first kappa shape index (κ1) is 25.6. The highest BCUT2D eigenvalue weighted by atomic mass is 35.5. The number of nitriles is 1. The quantitative estimate of drug-likeness (QED) is 0.412. The molecule has 4 rings (SSSR count). The van der Waals surface area contributed by atoms with E-state index in [0.29, 0.717) is 36.9 Å². The number of nitrogens with zero attached hydrogens (tertiary/aromatic N) is 3. The highest BCUT2D eigenvalue weighted by Gasteiger charge is 2.32. The molecule has 1 saturated carbocycles. The molecule has 2 aromatic heterocycles. The molecular weight excluding hydrogens is 464 g/mol. The maximum Gasteiger partial charge on any atom is 0.126 e. The van der Waals surface area contributed by atoms with Crippen LogP contribution in [0.2, 0.25) is 5.02 Å². The molecule has 2 aliphatic rings. The third-order valence-corrected chi connectivity index (χ3v) is 7.34. The summed E-state index contributed by atoms with van der Waals surface area (Å²) >= 11 is 6.54. The van der Waals surface area contributed by atoms with Gasteiger partial charge in [0.05, 0.1) is 23.1 Å². The van der Waals surface area contributed by atoms with Crippen molar-refractivity contribution in [3.8, 4) is 17.2 Å². The summed E-state index contributed by atoms with van der Waals surface area (Å²) in [4.78, 5) is 8.98. The van der Waals surface area contributed by atoms with Crippen molar-refractivity contribution in [1.82, 2.24) is 15.3 Å². The van der Waals surface area contributed by atoms with Crippen LogP contribution in [0.25, 0.3) is 11.1 Å². The van der Waals surface area contributed by atoms with Gasteiger partial charge < -0.3 is 25.4 Å². The van der Waals surface area contributed by atoms with Crippen LogP contribution in [0, 0.1) is 16.7 Å². The summed E-state index contributed by atoms with van der Waals surface area (Å²) in [6.45, 7) is 3.43. The zero-order chi connectivity index (χ0) is 24.5. The van der Waals surface area contributed by atoms with Gasteiger partial charge in [0.25, 0.3) is 0 Å². The minimum atomic E-state index is -0.417. The topological polar surface area (TPSA) is 104 Å². The van der Waals surface area contributed by atoms with Crippen LogP contribution in [0.1, 0.15) is 38.5 Å². The van der Waals surface area contributed by atoms with E-state index in [2.05, 4.69) is 32.0 Å². The Morgan fingerprint density at radius 2 is 1.91 bits per heavy atom. The van der Waals surface area contributed by atoms with Gasteiger partial charge in [-0.25, -0.2) is 9.97 Å². The predicted molar refractivity (Wildman–Crippen MR) is 139 cm³/mol. The molecule has 3 heterocycles. The molecule has 2 aromatic rings. The van der Waals surface area contributed by atoms with Gasteiger partial charge in [0.15, 0.2) is 0 Å². The van der Waals surface area contributed by atoms with E-state index in [1.54, 1.807) is 19.5 Å². The SMILES string of the molecule is COCCNC1CCC(Nc2cc(-c3ccnc(NCC4(C#N)CCOCC4)c3)c(Cl)cn2)CC1. The number of pyridine rings is 2. The van der Waals surface area contributed by atoms with Gasteiger partial charge in [0, 0.05) is 63.5 Å². The van der Waals surface area contributed by atoms with Crippen molar-refractivity contribution in [2.24, 2.45) is 5.41 Å². The molecule has 0 unspecified atom stereocenters. The second-order valence-electron chi connectivity index (χ2n) is 9.48. The highest BCUT2D eigenvalue weighted by Crippen LogP contribution is 2.33. The standard InChI is InChI=1S/C26H35ClN6O2/c1-34-13-10-29-20-2-4-21(5-3-20)33-25-15-22(23(27)16-31-25)19-6-9-30-24(14-19)32-18-26(17-28)7-11-35-12-8-26/h6,9,14-16,20-21,29H,2-5,7-8,10-13,18H2,1H3,(H,30,32)(H,31,33). The van der Waals surface area contributed by atoms with Crippen LogP contribution >= 0.6 is 11.6 Å². The summed E-state index contributed by atoms with van der Waals surface area (Å²) in [5.74, 6) is 1.56. The molecule has 1 aliphatic carbocycles. The van der Waals surface area contributed by atoms with Crippen molar-refractivity contribution < 1.29 is 9.47 Å². The van der Waals surface area contributed by atoms with E-state index in [-0.39, 0.29) is 0 Å². The molecule has 3 N–H and O–H groups in total. The molecular formula is C26H35ClN6O2. The molecule has 35 heavy (non-hydrogen) atoms. The molecule has 188 valence electrons. The first-order chi connectivity index (χ1) is 17.1. The van der Waals surface area contributed by atoms with E-state index in [4.69, 9.17) is 21.1 Å². The fourth-order valence-corrected chi connectivity index (χ4v) is 5.01. The molecule has 0 radical (unpaired) electrons. The lowest BCUT2D eigenvalue weighted by Gasteiger charge is -2.30. The lowest BCUT2D eigenvalue weighted by atomic mass is 9.82. The third kappa shape index (κ3) is 7.05. The van der Waals surface area contributed by atoms with E-state index in [1.165, 1.54) is 0 Å². The van der Waals surface area contributed by atoms with Gasteiger partial charge >= 0.3 is 0 Å². The van der Waals surface area contributed by atoms with Crippen LogP contribution in [0.15, 0.2) is 30.6 Å².